The quantitative estimate of drug-likeness (QED) is 0.858. The van der Waals surface area contributed by atoms with Crippen LogP contribution < -0.4 is 5.32 Å². The van der Waals surface area contributed by atoms with E-state index in [1.165, 1.54) is 28.7 Å². The second-order valence-electron chi connectivity index (χ2n) is 6.09. The minimum atomic E-state index is 0.597. The zero-order chi connectivity index (χ0) is 13.9. The van der Waals surface area contributed by atoms with Crippen LogP contribution in [-0.4, -0.2) is 13.1 Å². The van der Waals surface area contributed by atoms with Crippen LogP contribution in [0.2, 0.25) is 0 Å². The molecular weight excluding hydrogens is 242 g/mol. The van der Waals surface area contributed by atoms with Crippen molar-refractivity contribution in [3.8, 4) is 11.1 Å². The van der Waals surface area contributed by atoms with Gasteiger partial charge < -0.3 is 5.32 Å². The summed E-state index contributed by atoms with van der Waals surface area (Å²) in [5, 5.41) is 3.45. The summed E-state index contributed by atoms with van der Waals surface area (Å²) >= 11 is 0. The third kappa shape index (κ3) is 2.78. The summed E-state index contributed by atoms with van der Waals surface area (Å²) in [5.41, 5.74) is 5.54. The molecule has 2 aromatic carbocycles. The lowest BCUT2D eigenvalue weighted by atomic mass is 9.93. The van der Waals surface area contributed by atoms with Crippen molar-refractivity contribution in [1.29, 1.82) is 0 Å². The molecule has 1 fully saturated rings. The molecule has 0 aromatic heterocycles. The van der Waals surface area contributed by atoms with Gasteiger partial charge in [0.05, 0.1) is 0 Å². The van der Waals surface area contributed by atoms with Crippen LogP contribution in [0.4, 0.5) is 0 Å². The highest BCUT2D eigenvalue weighted by atomic mass is 14.9. The van der Waals surface area contributed by atoms with E-state index in [1.807, 2.05) is 0 Å². The average Bonchev–Trinajstić information content (AvgIpc) is 3.02. The van der Waals surface area contributed by atoms with E-state index in [4.69, 9.17) is 0 Å². The van der Waals surface area contributed by atoms with Gasteiger partial charge in [-0.2, -0.15) is 0 Å². The summed E-state index contributed by atoms with van der Waals surface area (Å²) in [6.07, 6.45) is 1.26. The van der Waals surface area contributed by atoms with Crippen LogP contribution in [0.25, 0.3) is 11.1 Å². The second kappa shape index (κ2) is 5.80. The summed E-state index contributed by atoms with van der Waals surface area (Å²) in [5.74, 6) is 1.28. The molecule has 1 N–H and O–H groups in total. The van der Waals surface area contributed by atoms with Crippen molar-refractivity contribution < 1.29 is 0 Å². The molecule has 0 radical (unpaired) electrons. The Labute approximate surface area is 122 Å². The Bertz CT molecular complexity index is 563. The Balaban J connectivity index is 1.87. The molecule has 1 atom stereocenters. The largest absolute Gasteiger partial charge is 0.316 e. The number of hydrogen-bond donors (Lipinski definition) is 1. The number of rotatable bonds is 3. The molecule has 1 heteroatoms. The zero-order valence-electron chi connectivity index (χ0n) is 12.4. The first-order valence-electron chi connectivity index (χ1n) is 7.65. The molecule has 0 saturated carbocycles. The van der Waals surface area contributed by atoms with Crippen molar-refractivity contribution in [2.75, 3.05) is 13.1 Å². The molecule has 1 aliphatic heterocycles. The van der Waals surface area contributed by atoms with Crippen molar-refractivity contribution in [3.05, 3.63) is 59.7 Å². The van der Waals surface area contributed by atoms with Gasteiger partial charge in [0.1, 0.15) is 0 Å². The second-order valence-corrected chi connectivity index (χ2v) is 6.09. The predicted molar refractivity (Wildman–Crippen MR) is 86.2 cm³/mol. The van der Waals surface area contributed by atoms with Crippen molar-refractivity contribution >= 4 is 0 Å². The molecule has 3 rings (SSSR count). The van der Waals surface area contributed by atoms with E-state index in [0.29, 0.717) is 11.8 Å². The van der Waals surface area contributed by atoms with E-state index in [9.17, 15) is 0 Å². The first-order chi connectivity index (χ1) is 9.74. The average molecular weight is 265 g/mol. The van der Waals surface area contributed by atoms with Gasteiger partial charge in [-0.1, -0.05) is 62.4 Å². The number of benzene rings is 2. The fourth-order valence-electron chi connectivity index (χ4n) is 2.97. The van der Waals surface area contributed by atoms with E-state index in [-0.39, 0.29) is 0 Å². The fourth-order valence-corrected chi connectivity index (χ4v) is 2.97. The van der Waals surface area contributed by atoms with Crippen LogP contribution in [0, 0.1) is 0 Å². The van der Waals surface area contributed by atoms with Crippen molar-refractivity contribution in [2.45, 2.75) is 32.1 Å². The zero-order valence-corrected chi connectivity index (χ0v) is 12.4. The Morgan fingerprint density at radius 3 is 2.45 bits per heavy atom. The van der Waals surface area contributed by atoms with E-state index in [1.54, 1.807) is 0 Å². The van der Waals surface area contributed by atoms with Gasteiger partial charge in [-0.15, -0.1) is 0 Å². The minimum Gasteiger partial charge on any atom is -0.316 e. The molecule has 1 aliphatic rings. The van der Waals surface area contributed by atoms with Crippen molar-refractivity contribution in [2.24, 2.45) is 0 Å². The number of hydrogen-bond acceptors (Lipinski definition) is 1. The standard InChI is InChI=1S/C19H23N/c1-14(2)15-6-8-16(9-7-15)17-4-3-5-18(12-17)19-10-11-20-13-19/h3-9,12,14,19-20H,10-11,13H2,1-2H3. The molecule has 0 amide bonds. The van der Waals surface area contributed by atoms with Crippen LogP contribution >= 0.6 is 0 Å². The molecule has 1 unspecified atom stereocenters. The lowest BCUT2D eigenvalue weighted by Gasteiger charge is -2.12. The number of nitrogens with one attached hydrogen (secondary N) is 1. The highest BCUT2D eigenvalue weighted by molar-refractivity contribution is 5.64. The van der Waals surface area contributed by atoms with Crippen LogP contribution in [0.3, 0.4) is 0 Å². The Kier molecular flexibility index (Phi) is 3.88. The first kappa shape index (κ1) is 13.4. The monoisotopic (exact) mass is 265 g/mol. The van der Waals surface area contributed by atoms with Gasteiger partial charge in [-0.05, 0) is 47.1 Å². The fraction of sp³-hybridized carbons (Fsp3) is 0.368. The van der Waals surface area contributed by atoms with Crippen LogP contribution in [0.15, 0.2) is 48.5 Å². The van der Waals surface area contributed by atoms with E-state index >= 15 is 0 Å². The Morgan fingerprint density at radius 1 is 1.00 bits per heavy atom. The lowest BCUT2D eigenvalue weighted by molar-refractivity contribution is 0.764. The summed E-state index contributed by atoms with van der Waals surface area (Å²) in [4.78, 5) is 0. The van der Waals surface area contributed by atoms with Gasteiger partial charge in [0, 0.05) is 6.54 Å². The van der Waals surface area contributed by atoms with Gasteiger partial charge in [-0.3, -0.25) is 0 Å². The molecule has 0 spiro atoms. The van der Waals surface area contributed by atoms with Gasteiger partial charge in [0.25, 0.3) is 0 Å². The third-order valence-electron chi connectivity index (χ3n) is 4.33. The smallest absolute Gasteiger partial charge is 0.00206 e. The van der Waals surface area contributed by atoms with Gasteiger partial charge in [0.15, 0.2) is 0 Å². The summed E-state index contributed by atoms with van der Waals surface area (Å²) in [6, 6.07) is 18.1. The highest BCUT2D eigenvalue weighted by Crippen LogP contribution is 2.28. The molecule has 1 heterocycles. The SMILES string of the molecule is CC(C)c1ccc(-c2cccc(C3CCNC3)c2)cc1. The van der Waals surface area contributed by atoms with Crippen molar-refractivity contribution in [1.82, 2.24) is 5.32 Å². The van der Waals surface area contributed by atoms with Crippen molar-refractivity contribution in [3.63, 3.8) is 0 Å². The molecule has 0 bridgehead atoms. The topological polar surface area (TPSA) is 12.0 Å². The molecule has 104 valence electrons. The van der Waals surface area contributed by atoms with E-state index < -0.39 is 0 Å². The van der Waals surface area contributed by atoms with Gasteiger partial charge in [0.2, 0.25) is 0 Å². The Hall–Kier alpha value is -1.60. The molecule has 1 saturated heterocycles. The normalized spacial score (nSPS) is 18.6. The van der Waals surface area contributed by atoms with Crippen LogP contribution in [-0.2, 0) is 0 Å². The maximum atomic E-state index is 3.45. The summed E-state index contributed by atoms with van der Waals surface area (Å²) in [7, 11) is 0. The van der Waals surface area contributed by atoms with E-state index in [2.05, 4.69) is 67.7 Å². The molecule has 1 nitrogen and oxygen atoms in total. The summed E-state index contributed by atoms with van der Waals surface area (Å²) < 4.78 is 0. The van der Waals surface area contributed by atoms with Crippen LogP contribution in [0.5, 0.6) is 0 Å². The molecule has 0 aliphatic carbocycles. The molecule has 2 aromatic rings. The Morgan fingerprint density at radius 2 is 1.80 bits per heavy atom. The van der Waals surface area contributed by atoms with Gasteiger partial charge in [-0.25, -0.2) is 0 Å². The third-order valence-corrected chi connectivity index (χ3v) is 4.33. The van der Waals surface area contributed by atoms with Gasteiger partial charge >= 0.3 is 0 Å². The van der Waals surface area contributed by atoms with Crippen LogP contribution in [0.1, 0.15) is 43.2 Å². The first-order valence-corrected chi connectivity index (χ1v) is 7.65. The summed E-state index contributed by atoms with van der Waals surface area (Å²) in [6.45, 7) is 6.75. The maximum absolute atomic E-state index is 3.45. The molecule has 20 heavy (non-hydrogen) atoms. The minimum absolute atomic E-state index is 0.597. The predicted octanol–water partition coefficient (Wildman–Crippen LogP) is 4.55. The highest BCUT2D eigenvalue weighted by Gasteiger charge is 2.16. The van der Waals surface area contributed by atoms with E-state index in [0.717, 1.165) is 13.1 Å². The lowest BCUT2D eigenvalue weighted by Crippen LogP contribution is -2.07. The molecular formula is C19H23N. The maximum Gasteiger partial charge on any atom is 0.00206 e.